The Labute approximate surface area is 167 Å². The molecular formula is C17H19Cl2N3O4S. The van der Waals surface area contributed by atoms with E-state index in [1.807, 2.05) is 6.07 Å². The fourth-order valence-corrected chi connectivity index (χ4v) is 4.41. The number of benzene rings is 1. The molecule has 0 saturated heterocycles. The van der Waals surface area contributed by atoms with Gasteiger partial charge in [0.2, 0.25) is 10.0 Å². The summed E-state index contributed by atoms with van der Waals surface area (Å²) in [4.78, 5) is 12.4. The predicted octanol–water partition coefficient (Wildman–Crippen LogP) is 2.25. The average Bonchev–Trinajstić information content (AvgIpc) is 2.61. The number of sulfonamides is 1. The van der Waals surface area contributed by atoms with Crippen LogP contribution in [0.25, 0.3) is 0 Å². The molecule has 0 aliphatic carbocycles. The number of hydrogen-bond donors (Lipinski definition) is 0. The molecule has 1 aromatic carbocycles. The Balaban J connectivity index is 1.90. The van der Waals surface area contributed by atoms with Gasteiger partial charge in [-0.1, -0.05) is 29.3 Å². The molecule has 3 rings (SSSR count). The molecule has 1 aliphatic heterocycles. The minimum Gasteiger partial charge on any atom is -0.371 e. The van der Waals surface area contributed by atoms with E-state index in [0.29, 0.717) is 18.6 Å². The van der Waals surface area contributed by atoms with Gasteiger partial charge in [0, 0.05) is 20.5 Å². The molecule has 0 spiro atoms. The second kappa shape index (κ2) is 7.52. The minimum absolute atomic E-state index is 0.0853. The van der Waals surface area contributed by atoms with Crippen molar-refractivity contribution in [1.82, 2.24) is 14.1 Å². The number of aromatic nitrogens is 2. The highest BCUT2D eigenvalue weighted by Crippen LogP contribution is 2.28. The standard InChI is InChI=1S/C17H19Cl2N3O4S/c1-10-4-12-9-26-13(8-22-17(23)16(19)14(18)7-20-22)5-11(12)6-15(10)27(24,25)21(2)3/h4,6-7,13H,5,8-9H2,1-3H3. The van der Waals surface area contributed by atoms with Gasteiger partial charge >= 0.3 is 0 Å². The maximum atomic E-state index is 12.5. The van der Waals surface area contributed by atoms with Crippen molar-refractivity contribution in [1.29, 1.82) is 0 Å². The largest absolute Gasteiger partial charge is 0.371 e. The molecule has 146 valence electrons. The quantitative estimate of drug-likeness (QED) is 0.741. The van der Waals surface area contributed by atoms with Crippen molar-refractivity contribution in [3.8, 4) is 0 Å². The van der Waals surface area contributed by atoms with Crippen LogP contribution in [0.2, 0.25) is 10.0 Å². The normalized spacial score (nSPS) is 17.2. The van der Waals surface area contributed by atoms with Crippen LogP contribution in [-0.4, -0.2) is 42.7 Å². The molecule has 0 radical (unpaired) electrons. The first-order valence-electron chi connectivity index (χ1n) is 8.19. The number of rotatable bonds is 4. The van der Waals surface area contributed by atoms with Crippen molar-refractivity contribution in [2.45, 2.75) is 37.5 Å². The molecule has 0 amide bonds. The van der Waals surface area contributed by atoms with Crippen molar-refractivity contribution in [2.24, 2.45) is 0 Å². The van der Waals surface area contributed by atoms with Gasteiger partial charge in [0.05, 0.1) is 35.4 Å². The van der Waals surface area contributed by atoms with Gasteiger partial charge in [-0.3, -0.25) is 4.79 Å². The van der Waals surface area contributed by atoms with Crippen LogP contribution in [-0.2, 0) is 34.3 Å². The summed E-state index contributed by atoms with van der Waals surface area (Å²) in [5.74, 6) is 0. The summed E-state index contributed by atoms with van der Waals surface area (Å²) in [6, 6.07) is 3.53. The molecule has 2 heterocycles. The van der Waals surface area contributed by atoms with Crippen LogP contribution in [0.1, 0.15) is 16.7 Å². The van der Waals surface area contributed by atoms with Crippen molar-refractivity contribution < 1.29 is 13.2 Å². The van der Waals surface area contributed by atoms with Gasteiger partial charge in [0.25, 0.3) is 5.56 Å². The van der Waals surface area contributed by atoms with E-state index < -0.39 is 15.6 Å². The third-order valence-corrected chi connectivity index (χ3v) is 7.20. The highest BCUT2D eigenvalue weighted by Gasteiger charge is 2.26. The Bertz CT molecular complexity index is 1050. The SMILES string of the molecule is Cc1cc2c(cc1S(=O)(=O)N(C)C)CC(Cn1ncc(Cl)c(Cl)c1=O)OC2. The first-order chi connectivity index (χ1) is 12.6. The zero-order chi connectivity index (χ0) is 19.9. The van der Waals surface area contributed by atoms with Gasteiger partial charge in [-0.05, 0) is 29.7 Å². The van der Waals surface area contributed by atoms with Gasteiger partial charge in [0.1, 0.15) is 5.02 Å². The van der Waals surface area contributed by atoms with E-state index >= 15 is 0 Å². The monoisotopic (exact) mass is 431 g/mol. The third-order valence-electron chi connectivity index (χ3n) is 4.50. The van der Waals surface area contributed by atoms with Crippen LogP contribution in [0.4, 0.5) is 0 Å². The number of fused-ring (bicyclic) bond motifs is 1. The van der Waals surface area contributed by atoms with Gasteiger partial charge in [-0.25, -0.2) is 17.4 Å². The highest BCUT2D eigenvalue weighted by atomic mass is 35.5. The van der Waals surface area contributed by atoms with E-state index in [1.54, 1.807) is 13.0 Å². The van der Waals surface area contributed by atoms with E-state index in [2.05, 4.69) is 5.10 Å². The van der Waals surface area contributed by atoms with Crippen LogP contribution in [0.3, 0.4) is 0 Å². The van der Waals surface area contributed by atoms with Gasteiger partial charge in [-0.2, -0.15) is 5.10 Å². The fourth-order valence-electron chi connectivity index (χ4n) is 2.99. The van der Waals surface area contributed by atoms with Crippen LogP contribution < -0.4 is 5.56 Å². The molecule has 0 fully saturated rings. The van der Waals surface area contributed by atoms with Gasteiger partial charge in [0.15, 0.2) is 0 Å². The highest BCUT2D eigenvalue weighted by molar-refractivity contribution is 7.89. The summed E-state index contributed by atoms with van der Waals surface area (Å²) >= 11 is 11.7. The van der Waals surface area contributed by atoms with Crippen molar-refractivity contribution >= 4 is 33.2 Å². The Kier molecular flexibility index (Phi) is 5.65. The molecule has 0 saturated carbocycles. The van der Waals surface area contributed by atoms with E-state index in [9.17, 15) is 13.2 Å². The Morgan fingerprint density at radius 2 is 2.00 bits per heavy atom. The fraction of sp³-hybridized carbons (Fsp3) is 0.412. The first kappa shape index (κ1) is 20.3. The van der Waals surface area contributed by atoms with Crippen LogP contribution in [0, 0.1) is 6.92 Å². The zero-order valence-corrected chi connectivity index (χ0v) is 17.4. The summed E-state index contributed by atoms with van der Waals surface area (Å²) < 4.78 is 33.3. The molecular weight excluding hydrogens is 413 g/mol. The molecule has 1 aromatic heterocycles. The number of aryl methyl sites for hydroxylation is 1. The van der Waals surface area contributed by atoms with E-state index in [-0.39, 0.29) is 27.6 Å². The van der Waals surface area contributed by atoms with E-state index in [1.165, 1.54) is 29.3 Å². The number of halogens is 2. The molecule has 1 aliphatic rings. The summed E-state index contributed by atoms with van der Waals surface area (Å²) in [6.45, 7) is 2.29. The third kappa shape index (κ3) is 3.90. The second-order valence-corrected chi connectivity index (χ2v) is 9.51. The number of ether oxygens (including phenoxy) is 1. The number of nitrogens with zero attached hydrogens (tertiary/aromatic N) is 3. The maximum Gasteiger partial charge on any atom is 0.287 e. The zero-order valence-electron chi connectivity index (χ0n) is 15.1. The molecule has 2 aromatic rings. The summed E-state index contributed by atoms with van der Waals surface area (Å²) in [5.41, 5.74) is 2.01. The Hall–Kier alpha value is -1.45. The Morgan fingerprint density at radius 1 is 1.30 bits per heavy atom. The lowest BCUT2D eigenvalue weighted by Gasteiger charge is -2.27. The van der Waals surface area contributed by atoms with E-state index in [0.717, 1.165) is 11.1 Å². The average molecular weight is 432 g/mol. The molecule has 10 heteroatoms. The molecule has 1 atom stereocenters. The molecule has 7 nitrogen and oxygen atoms in total. The molecule has 0 bridgehead atoms. The lowest BCUT2D eigenvalue weighted by molar-refractivity contribution is 0.0146. The van der Waals surface area contributed by atoms with Gasteiger partial charge < -0.3 is 4.74 Å². The molecule has 27 heavy (non-hydrogen) atoms. The van der Waals surface area contributed by atoms with Crippen LogP contribution in [0.15, 0.2) is 28.0 Å². The molecule has 0 N–H and O–H groups in total. The topological polar surface area (TPSA) is 81.5 Å². The summed E-state index contributed by atoms with van der Waals surface area (Å²) in [6.07, 6.45) is 1.44. The van der Waals surface area contributed by atoms with E-state index in [4.69, 9.17) is 27.9 Å². The van der Waals surface area contributed by atoms with Crippen molar-refractivity contribution in [2.75, 3.05) is 14.1 Å². The smallest absolute Gasteiger partial charge is 0.287 e. The van der Waals surface area contributed by atoms with Gasteiger partial charge in [-0.15, -0.1) is 0 Å². The lowest BCUT2D eigenvalue weighted by atomic mass is 9.97. The maximum absolute atomic E-state index is 12.5. The second-order valence-electron chi connectivity index (χ2n) is 6.60. The summed E-state index contributed by atoms with van der Waals surface area (Å²) in [7, 11) is -0.537. The first-order valence-corrected chi connectivity index (χ1v) is 10.4. The lowest BCUT2D eigenvalue weighted by Crippen LogP contribution is -2.34. The Morgan fingerprint density at radius 3 is 2.67 bits per heavy atom. The summed E-state index contributed by atoms with van der Waals surface area (Å²) in [5, 5.41) is 4.00. The van der Waals surface area contributed by atoms with Crippen molar-refractivity contribution in [3.05, 3.63) is 55.4 Å². The van der Waals surface area contributed by atoms with Crippen LogP contribution in [0.5, 0.6) is 0 Å². The predicted molar refractivity (Wildman–Crippen MR) is 103 cm³/mol. The number of hydrogen-bond acceptors (Lipinski definition) is 5. The minimum atomic E-state index is -3.54. The molecule has 1 unspecified atom stereocenters. The van der Waals surface area contributed by atoms with Crippen molar-refractivity contribution in [3.63, 3.8) is 0 Å². The van der Waals surface area contributed by atoms with Crippen LogP contribution >= 0.6 is 23.2 Å².